The molecule has 1 aromatic heterocycles. The molecule has 0 spiro atoms. The second-order valence-corrected chi connectivity index (χ2v) is 2.14. The van der Waals surface area contributed by atoms with Crippen LogP contribution in [0.25, 0.3) is 0 Å². The molecular formula is C4H4AuN. The molecule has 1 heterocycles. The van der Waals surface area contributed by atoms with Crippen molar-refractivity contribution in [3.05, 3.63) is 18.3 Å². The Kier molecular flexibility index (Phi) is 1.15. The molecule has 0 fully saturated rings. The van der Waals surface area contributed by atoms with E-state index in [1.165, 1.54) is 0 Å². The summed E-state index contributed by atoms with van der Waals surface area (Å²) in [5.74, 6) is 0. The van der Waals surface area contributed by atoms with Crippen molar-refractivity contribution in [3.8, 4) is 0 Å². The number of nitrogens with one attached hydrogen (secondary N) is 1. The molecule has 36 valence electrons. The second kappa shape index (κ2) is 1.65. The second-order valence-electron chi connectivity index (χ2n) is 0.977. The topological polar surface area (TPSA) is 15.8 Å². The molecule has 1 aromatic rings. The molecule has 0 aromatic carbocycles. The summed E-state index contributed by atoms with van der Waals surface area (Å²) in [7, 11) is 0. The van der Waals surface area contributed by atoms with E-state index in [-0.39, 0.29) is 0 Å². The number of H-pyrrole nitrogens is 1. The number of hydrogen-bond donors (Lipinski definition) is 1. The molecule has 0 bridgehead atoms. The van der Waals surface area contributed by atoms with Crippen LogP contribution in [0.1, 0.15) is 0 Å². The SMILES string of the molecule is [Au][c]1ccc[nH]1. The fourth-order valence-corrected chi connectivity index (χ4v) is 0.684. The summed E-state index contributed by atoms with van der Waals surface area (Å²) in [6.45, 7) is 0. The van der Waals surface area contributed by atoms with Crippen molar-refractivity contribution in [1.82, 2.24) is 4.98 Å². The van der Waals surface area contributed by atoms with Crippen molar-refractivity contribution in [1.29, 1.82) is 0 Å². The van der Waals surface area contributed by atoms with E-state index in [2.05, 4.69) is 26.1 Å². The fourth-order valence-electron chi connectivity index (χ4n) is 0.295. The van der Waals surface area contributed by atoms with Crippen molar-refractivity contribution >= 4 is 3.91 Å². The first-order valence-corrected chi connectivity index (χ1v) is 2.73. The van der Waals surface area contributed by atoms with Crippen LogP contribution in [0.3, 0.4) is 0 Å². The molecule has 0 atom stereocenters. The van der Waals surface area contributed by atoms with Gasteiger partial charge in [-0.2, -0.15) is 0 Å². The molecule has 0 aliphatic carbocycles. The molecule has 1 N–H and O–H groups in total. The summed E-state index contributed by atoms with van der Waals surface area (Å²) < 4.78 is 1.16. The van der Waals surface area contributed by atoms with Gasteiger partial charge in [0.1, 0.15) is 0 Å². The number of hydrogen-bond acceptors (Lipinski definition) is 0. The van der Waals surface area contributed by atoms with Gasteiger partial charge in [0.15, 0.2) is 0 Å². The van der Waals surface area contributed by atoms with E-state index >= 15 is 0 Å². The van der Waals surface area contributed by atoms with Crippen LogP contribution in [-0.2, 0) is 21.1 Å². The summed E-state index contributed by atoms with van der Waals surface area (Å²) in [5.41, 5.74) is 0. The maximum atomic E-state index is 2.98. The van der Waals surface area contributed by atoms with Gasteiger partial charge in [0.2, 0.25) is 0 Å². The first-order valence-electron chi connectivity index (χ1n) is 1.64. The summed E-state index contributed by atoms with van der Waals surface area (Å²) in [5, 5.41) is 0. The Bertz CT molecular complexity index is 111. The maximum absolute atomic E-state index is 2.98. The van der Waals surface area contributed by atoms with Gasteiger partial charge in [-0.15, -0.1) is 0 Å². The zero-order valence-electron chi connectivity index (χ0n) is 3.03. The monoisotopic (exact) mass is 263 g/mol. The zero-order chi connectivity index (χ0) is 4.41. The van der Waals surface area contributed by atoms with Gasteiger partial charge in [0.25, 0.3) is 0 Å². The summed E-state index contributed by atoms with van der Waals surface area (Å²) in [6, 6.07) is 3.97. The Morgan fingerprint density at radius 1 is 1.67 bits per heavy atom. The molecule has 0 radical (unpaired) electrons. The van der Waals surface area contributed by atoms with Crippen molar-refractivity contribution in [2.75, 3.05) is 0 Å². The predicted octanol–water partition coefficient (Wildman–Crippen LogP) is 0.187. The molecule has 0 amide bonds. The third-order valence-corrected chi connectivity index (χ3v) is 1.21. The molecule has 1 rings (SSSR count). The molecular weight excluding hydrogens is 259 g/mol. The fraction of sp³-hybridized carbons (Fsp3) is 0. The molecule has 0 saturated carbocycles. The quantitative estimate of drug-likeness (QED) is 0.643. The Morgan fingerprint density at radius 2 is 2.50 bits per heavy atom. The summed E-state index contributed by atoms with van der Waals surface area (Å²) >= 11 is 2.38. The van der Waals surface area contributed by atoms with E-state index in [9.17, 15) is 0 Å². The van der Waals surface area contributed by atoms with Crippen LogP contribution in [0, 0.1) is 0 Å². The van der Waals surface area contributed by atoms with E-state index in [0.29, 0.717) is 0 Å². The van der Waals surface area contributed by atoms with Gasteiger partial charge in [-0.3, -0.25) is 0 Å². The van der Waals surface area contributed by atoms with Gasteiger partial charge in [0, 0.05) is 0 Å². The number of aromatic nitrogens is 1. The number of rotatable bonds is 0. The van der Waals surface area contributed by atoms with E-state index in [1.54, 1.807) is 0 Å². The van der Waals surface area contributed by atoms with Crippen LogP contribution < -0.4 is 3.91 Å². The first kappa shape index (κ1) is 4.19. The molecule has 0 aliphatic rings. The van der Waals surface area contributed by atoms with E-state index in [0.717, 1.165) is 3.91 Å². The summed E-state index contributed by atoms with van der Waals surface area (Å²) in [4.78, 5) is 2.98. The third kappa shape index (κ3) is 0.744. The normalized spacial score (nSPS) is 9.00. The van der Waals surface area contributed by atoms with Crippen LogP contribution in [0.2, 0.25) is 0 Å². The average Bonchev–Trinajstić information content (AvgIpc) is 1.86. The van der Waals surface area contributed by atoms with Gasteiger partial charge < -0.3 is 0 Å². The standard InChI is InChI=1S/C4H4N.Au/c1-2-4-5-3-1;/h1-3,5H;. The van der Waals surface area contributed by atoms with E-state index in [4.69, 9.17) is 0 Å². The zero-order valence-corrected chi connectivity index (χ0v) is 5.20. The van der Waals surface area contributed by atoms with Crippen molar-refractivity contribution in [2.45, 2.75) is 0 Å². The Labute approximate surface area is 48.7 Å². The predicted molar refractivity (Wildman–Crippen MR) is 20.4 cm³/mol. The van der Waals surface area contributed by atoms with Gasteiger partial charge in [-0.1, -0.05) is 0 Å². The molecule has 0 aliphatic heterocycles. The molecule has 6 heavy (non-hydrogen) atoms. The number of aromatic amines is 1. The summed E-state index contributed by atoms with van der Waals surface area (Å²) in [6.07, 6.45) is 1.90. The molecule has 0 saturated heterocycles. The van der Waals surface area contributed by atoms with Gasteiger partial charge in [0.05, 0.1) is 0 Å². The van der Waals surface area contributed by atoms with Gasteiger partial charge in [-0.25, -0.2) is 0 Å². The van der Waals surface area contributed by atoms with Crippen LogP contribution in [0.5, 0.6) is 0 Å². The first-order chi connectivity index (χ1) is 2.89. The minimum absolute atomic E-state index is 1.16. The van der Waals surface area contributed by atoms with Crippen molar-refractivity contribution < 1.29 is 21.1 Å². The van der Waals surface area contributed by atoms with Crippen LogP contribution in [-0.4, -0.2) is 4.98 Å². The third-order valence-electron chi connectivity index (χ3n) is 0.536. The molecule has 1 nitrogen and oxygen atoms in total. The van der Waals surface area contributed by atoms with Crippen molar-refractivity contribution in [3.63, 3.8) is 0 Å². The van der Waals surface area contributed by atoms with Crippen LogP contribution >= 0.6 is 0 Å². The molecule has 0 unspecified atom stereocenters. The Balaban J connectivity index is 3.05. The van der Waals surface area contributed by atoms with Crippen molar-refractivity contribution in [2.24, 2.45) is 0 Å². The van der Waals surface area contributed by atoms with E-state index in [1.807, 2.05) is 18.3 Å². The van der Waals surface area contributed by atoms with Gasteiger partial charge >= 0.3 is 48.3 Å². The molecule has 2 heteroatoms. The Morgan fingerprint density at radius 3 is 2.67 bits per heavy atom. The van der Waals surface area contributed by atoms with Crippen LogP contribution in [0.4, 0.5) is 0 Å². The average molecular weight is 263 g/mol. The van der Waals surface area contributed by atoms with Crippen LogP contribution in [0.15, 0.2) is 18.3 Å². The Hall–Kier alpha value is 0.0203. The van der Waals surface area contributed by atoms with Gasteiger partial charge in [-0.05, 0) is 0 Å². The van der Waals surface area contributed by atoms with E-state index < -0.39 is 0 Å². The minimum atomic E-state index is 1.16.